The van der Waals surface area contributed by atoms with Gasteiger partial charge in [0.15, 0.2) is 0 Å². The predicted octanol–water partition coefficient (Wildman–Crippen LogP) is 2.52. The summed E-state index contributed by atoms with van der Waals surface area (Å²) in [5.41, 5.74) is 0. The van der Waals surface area contributed by atoms with Crippen molar-refractivity contribution < 1.29 is 5.11 Å². The summed E-state index contributed by atoms with van der Waals surface area (Å²) < 4.78 is 1.39. The normalized spacial score (nSPS) is 13.9. The van der Waals surface area contributed by atoms with E-state index in [9.17, 15) is 5.11 Å². The van der Waals surface area contributed by atoms with Crippen LogP contribution in [0, 0.1) is 0 Å². The molecule has 0 aliphatic rings. The molecule has 1 aromatic rings. The number of nitrogens with one attached hydrogen (secondary N) is 1. The van der Waals surface area contributed by atoms with Gasteiger partial charge in [-0.05, 0) is 0 Å². The summed E-state index contributed by atoms with van der Waals surface area (Å²) in [6, 6.07) is 10.8. The molecule has 0 amide bonds. The van der Waals surface area contributed by atoms with Gasteiger partial charge >= 0.3 is 129 Å². The van der Waals surface area contributed by atoms with E-state index in [0.717, 1.165) is 24.7 Å². The van der Waals surface area contributed by atoms with Gasteiger partial charge in [-0.15, -0.1) is 0 Å². The molecular weight excluding hydrogens is 313 g/mol. The first-order valence-corrected chi connectivity index (χ1v) is 9.55. The molecule has 0 fully saturated rings. The molecule has 1 rings (SSSR count). The molecule has 0 heterocycles. The van der Waals surface area contributed by atoms with Crippen molar-refractivity contribution in [2.75, 3.05) is 6.54 Å². The van der Waals surface area contributed by atoms with Crippen LogP contribution in [0.1, 0.15) is 32.6 Å². The van der Waals surface area contributed by atoms with Gasteiger partial charge in [-0.25, -0.2) is 0 Å². The van der Waals surface area contributed by atoms with Crippen LogP contribution in [0.15, 0.2) is 43.0 Å². The Hall–Kier alpha value is -0.601. The first kappa shape index (κ1) is 17.5. The zero-order valence-electron chi connectivity index (χ0n) is 12.4. The molecule has 20 heavy (non-hydrogen) atoms. The minimum absolute atomic E-state index is 0.185. The number of unbranched alkanes of at least 4 members (excludes halogenated alkanes) is 2. The van der Waals surface area contributed by atoms with Crippen molar-refractivity contribution >= 4 is 19.4 Å². The van der Waals surface area contributed by atoms with Crippen LogP contribution >= 0.6 is 0 Å². The van der Waals surface area contributed by atoms with Gasteiger partial charge in [-0.2, -0.15) is 0 Å². The Morgan fingerprint density at radius 3 is 2.70 bits per heavy atom. The van der Waals surface area contributed by atoms with Gasteiger partial charge in [0.1, 0.15) is 0 Å². The van der Waals surface area contributed by atoms with Crippen LogP contribution in [-0.2, 0) is 0 Å². The number of hydrogen-bond donors (Lipinski definition) is 2. The molecule has 0 aliphatic carbocycles. The fourth-order valence-electron chi connectivity index (χ4n) is 2.05. The molecule has 0 saturated heterocycles. The van der Waals surface area contributed by atoms with E-state index in [-0.39, 0.29) is 12.1 Å². The van der Waals surface area contributed by atoms with Crippen LogP contribution in [0.4, 0.5) is 0 Å². The van der Waals surface area contributed by atoms with Crippen LogP contribution in [0.5, 0.6) is 0 Å². The third-order valence-electron chi connectivity index (χ3n) is 3.27. The molecule has 1 aromatic carbocycles. The second-order valence-corrected chi connectivity index (χ2v) is 7.28. The summed E-state index contributed by atoms with van der Waals surface area (Å²) in [5.74, 6) is 0. The molecule has 2 N–H and O–H groups in total. The Morgan fingerprint density at radius 2 is 2.05 bits per heavy atom. The molecule has 0 aromatic heterocycles. The molecule has 112 valence electrons. The Morgan fingerprint density at radius 1 is 1.30 bits per heavy atom. The van der Waals surface area contributed by atoms with E-state index < -0.39 is 0 Å². The zero-order chi connectivity index (χ0) is 14.6. The molecule has 0 bridgehead atoms. The predicted molar refractivity (Wildman–Crippen MR) is 88.8 cm³/mol. The van der Waals surface area contributed by atoms with Gasteiger partial charge in [-0.1, -0.05) is 0 Å². The van der Waals surface area contributed by atoms with Gasteiger partial charge in [0.2, 0.25) is 0 Å². The molecule has 0 radical (unpaired) electrons. The standard InChI is InChI=1S/C17H27NOSe/c1-3-5-7-12-17(19)16(18-13-4-2)14-20-15-10-8-6-9-11-15/h4,6,8-11,16-19H,2-3,5,7,12-14H2,1H3. The van der Waals surface area contributed by atoms with Gasteiger partial charge in [0.25, 0.3) is 0 Å². The van der Waals surface area contributed by atoms with Gasteiger partial charge < -0.3 is 0 Å². The van der Waals surface area contributed by atoms with Crippen LogP contribution in [0.2, 0.25) is 5.32 Å². The van der Waals surface area contributed by atoms with Crippen LogP contribution in [-0.4, -0.2) is 38.8 Å². The van der Waals surface area contributed by atoms with Gasteiger partial charge in [0.05, 0.1) is 0 Å². The van der Waals surface area contributed by atoms with E-state index in [0.29, 0.717) is 15.0 Å². The minimum atomic E-state index is -0.243. The Labute approximate surface area is 129 Å². The Kier molecular flexibility index (Phi) is 9.69. The third-order valence-corrected chi connectivity index (χ3v) is 5.64. The summed E-state index contributed by atoms with van der Waals surface area (Å²) in [6.45, 7) is 6.70. The molecule has 2 unspecified atom stereocenters. The van der Waals surface area contributed by atoms with Crippen LogP contribution in [0.25, 0.3) is 0 Å². The van der Waals surface area contributed by atoms with Crippen molar-refractivity contribution in [3.05, 3.63) is 43.0 Å². The number of benzene rings is 1. The molecule has 0 saturated carbocycles. The second kappa shape index (κ2) is 11.1. The van der Waals surface area contributed by atoms with Crippen molar-refractivity contribution in [2.24, 2.45) is 0 Å². The van der Waals surface area contributed by atoms with Crippen molar-refractivity contribution in [3.63, 3.8) is 0 Å². The summed E-state index contributed by atoms with van der Waals surface area (Å²) >= 11 is 0.409. The van der Waals surface area contributed by atoms with E-state index in [1.807, 2.05) is 12.1 Å². The van der Waals surface area contributed by atoms with Gasteiger partial charge in [0, 0.05) is 0 Å². The third kappa shape index (κ3) is 7.25. The maximum absolute atomic E-state index is 10.4. The molecule has 2 nitrogen and oxygen atoms in total. The fourth-order valence-corrected chi connectivity index (χ4v) is 4.28. The molecular formula is C17H27NOSe. The summed E-state index contributed by atoms with van der Waals surface area (Å²) in [7, 11) is 0. The van der Waals surface area contributed by atoms with Crippen LogP contribution in [0.3, 0.4) is 0 Å². The number of hydrogen-bond acceptors (Lipinski definition) is 2. The molecule has 3 heteroatoms. The first-order chi connectivity index (χ1) is 9.77. The van der Waals surface area contributed by atoms with Crippen molar-refractivity contribution in [1.29, 1.82) is 0 Å². The van der Waals surface area contributed by atoms with Crippen molar-refractivity contribution in [3.8, 4) is 0 Å². The SMILES string of the molecule is C=CCNC(C[Se]c1ccccc1)C(O)CCCCC. The second-order valence-electron chi connectivity index (χ2n) is 4.99. The summed E-state index contributed by atoms with van der Waals surface area (Å²) in [5, 5.41) is 14.8. The van der Waals surface area contributed by atoms with E-state index in [4.69, 9.17) is 0 Å². The summed E-state index contributed by atoms with van der Waals surface area (Å²) in [4.78, 5) is 0. The van der Waals surface area contributed by atoms with E-state index >= 15 is 0 Å². The van der Waals surface area contributed by atoms with E-state index in [2.05, 4.69) is 43.1 Å². The Balaban J connectivity index is 2.43. The van der Waals surface area contributed by atoms with E-state index in [1.54, 1.807) is 0 Å². The van der Waals surface area contributed by atoms with E-state index in [1.165, 1.54) is 17.3 Å². The number of aliphatic hydroxyl groups is 1. The number of aliphatic hydroxyl groups excluding tert-OH is 1. The first-order valence-electron chi connectivity index (χ1n) is 7.48. The molecule has 2 atom stereocenters. The molecule has 0 aliphatic heterocycles. The van der Waals surface area contributed by atoms with Crippen LogP contribution < -0.4 is 9.78 Å². The van der Waals surface area contributed by atoms with Gasteiger partial charge in [-0.3, -0.25) is 0 Å². The van der Waals surface area contributed by atoms with Crippen molar-refractivity contribution in [1.82, 2.24) is 5.32 Å². The maximum atomic E-state index is 10.4. The zero-order valence-corrected chi connectivity index (χ0v) is 14.1. The quantitative estimate of drug-likeness (QED) is 0.369. The number of rotatable bonds is 11. The summed E-state index contributed by atoms with van der Waals surface area (Å²) in [6.07, 6.45) is 6.03. The average Bonchev–Trinajstić information content (AvgIpc) is 2.48. The fraction of sp³-hybridized carbons (Fsp3) is 0.529. The van der Waals surface area contributed by atoms with Crippen molar-refractivity contribution in [2.45, 2.75) is 50.1 Å². The average molecular weight is 340 g/mol. The molecule has 0 spiro atoms. The Bertz CT molecular complexity index is 355. The topological polar surface area (TPSA) is 32.3 Å². The monoisotopic (exact) mass is 341 g/mol.